The van der Waals surface area contributed by atoms with E-state index >= 15 is 0 Å². The average molecular weight is 263 g/mol. The lowest BCUT2D eigenvalue weighted by atomic mass is 9.98. The summed E-state index contributed by atoms with van der Waals surface area (Å²) in [6.45, 7) is 2.39. The van der Waals surface area contributed by atoms with E-state index in [1.54, 1.807) is 0 Å². The normalized spacial score (nSPS) is 37.0. The van der Waals surface area contributed by atoms with Gasteiger partial charge < -0.3 is 19.4 Å². The number of hydrogen-bond donors (Lipinski definition) is 1. The first-order valence-corrected chi connectivity index (χ1v) is 6.46. The molecule has 0 amide bonds. The molecule has 0 bridgehead atoms. The number of ether oxygens (including phenoxy) is 3. The van der Waals surface area contributed by atoms with Crippen LogP contribution in [-0.4, -0.2) is 35.8 Å². The fourth-order valence-electron chi connectivity index (χ4n) is 2.57. The zero-order valence-corrected chi connectivity index (χ0v) is 10.7. The molecule has 2 heterocycles. The minimum atomic E-state index is -0.434. The van der Waals surface area contributed by atoms with Crippen molar-refractivity contribution in [3.63, 3.8) is 0 Å². The van der Waals surface area contributed by atoms with Gasteiger partial charge >= 0.3 is 0 Å². The molecule has 102 valence electrons. The molecule has 0 unspecified atom stereocenters. The van der Waals surface area contributed by atoms with Crippen LogP contribution in [0.5, 0.6) is 0 Å². The molecule has 4 atom stereocenters. The molecular weight excluding hydrogens is 246 g/mol. The van der Waals surface area contributed by atoms with Gasteiger partial charge in [0.05, 0.1) is 18.4 Å². The molecule has 2 saturated heterocycles. The maximum atomic E-state index is 9.12. The fourth-order valence-corrected chi connectivity index (χ4v) is 2.57. The first-order valence-electron chi connectivity index (χ1n) is 6.46. The lowest BCUT2D eigenvalue weighted by Gasteiger charge is -2.41. The van der Waals surface area contributed by atoms with E-state index in [-0.39, 0.29) is 18.3 Å². The molecule has 0 spiro atoms. The maximum absolute atomic E-state index is 9.12. The summed E-state index contributed by atoms with van der Waals surface area (Å²) in [7, 11) is 0. The van der Waals surface area contributed by atoms with Crippen molar-refractivity contribution in [1.82, 2.24) is 0 Å². The van der Waals surface area contributed by atoms with Gasteiger partial charge in [-0.05, 0) is 6.92 Å². The van der Waals surface area contributed by atoms with Crippen LogP contribution in [0.1, 0.15) is 25.2 Å². The van der Waals surface area contributed by atoms with E-state index in [9.17, 15) is 0 Å². The van der Waals surface area contributed by atoms with E-state index in [1.807, 2.05) is 37.3 Å². The summed E-state index contributed by atoms with van der Waals surface area (Å²) in [5.74, 6) is 0. The minimum absolute atomic E-state index is 0.0209. The molecule has 1 aromatic rings. The molecule has 19 heavy (non-hydrogen) atoms. The number of oxime groups is 1. The highest BCUT2D eigenvalue weighted by Crippen LogP contribution is 2.32. The van der Waals surface area contributed by atoms with Crippen molar-refractivity contribution >= 4 is 5.71 Å². The van der Waals surface area contributed by atoms with Crippen LogP contribution in [-0.2, 0) is 14.2 Å². The third-order valence-electron chi connectivity index (χ3n) is 3.45. The lowest BCUT2D eigenvalue weighted by Crippen LogP contribution is -2.52. The highest BCUT2D eigenvalue weighted by atomic mass is 16.7. The monoisotopic (exact) mass is 263 g/mol. The van der Waals surface area contributed by atoms with Crippen molar-refractivity contribution in [2.24, 2.45) is 5.16 Å². The number of nitrogens with zero attached hydrogens (tertiary/aromatic N) is 1. The van der Waals surface area contributed by atoms with Crippen molar-refractivity contribution in [2.75, 3.05) is 6.61 Å². The van der Waals surface area contributed by atoms with Gasteiger partial charge in [-0.1, -0.05) is 35.5 Å². The molecule has 2 fully saturated rings. The Hall–Kier alpha value is -1.43. The number of fused-ring (bicyclic) bond motifs is 1. The van der Waals surface area contributed by atoms with Gasteiger partial charge in [-0.3, -0.25) is 0 Å². The third kappa shape index (κ3) is 2.49. The molecule has 5 heteroatoms. The first kappa shape index (κ1) is 12.6. The van der Waals surface area contributed by atoms with Crippen LogP contribution in [0.2, 0.25) is 0 Å². The van der Waals surface area contributed by atoms with Crippen LogP contribution < -0.4 is 0 Å². The van der Waals surface area contributed by atoms with Crippen LogP contribution in [0.15, 0.2) is 35.5 Å². The summed E-state index contributed by atoms with van der Waals surface area (Å²) in [6.07, 6.45) is -0.363. The summed E-state index contributed by atoms with van der Waals surface area (Å²) in [4.78, 5) is 0. The topological polar surface area (TPSA) is 60.3 Å². The van der Waals surface area contributed by atoms with E-state index in [4.69, 9.17) is 19.4 Å². The zero-order valence-electron chi connectivity index (χ0n) is 10.7. The molecule has 2 aliphatic rings. The molecule has 0 aliphatic carbocycles. The lowest BCUT2D eigenvalue weighted by molar-refractivity contribution is -0.261. The van der Waals surface area contributed by atoms with Crippen molar-refractivity contribution < 1.29 is 19.4 Å². The van der Waals surface area contributed by atoms with E-state index in [0.717, 1.165) is 5.56 Å². The fraction of sp³-hybridized carbons (Fsp3) is 0.500. The Morgan fingerprint density at radius 1 is 1.21 bits per heavy atom. The highest BCUT2D eigenvalue weighted by Gasteiger charge is 2.41. The molecule has 1 N–H and O–H groups in total. The third-order valence-corrected chi connectivity index (χ3v) is 3.45. The molecule has 2 aliphatic heterocycles. The van der Waals surface area contributed by atoms with E-state index in [2.05, 4.69) is 5.16 Å². The number of benzene rings is 1. The molecule has 1 aromatic carbocycles. The minimum Gasteiger partial charge on any atom is -0.411 e. The molecule has 3 rings (SSSR count). The van der Waals surface area contributed by atoms with Gasteiger partial charge in [0.15, 0.2) is 6.29 Å². The van der Waals surface area contributed by atoms with Gasteiger partial charge in [0, 0.05) is 12.0 Å². The van der Waals surface area contributed by atoms with E-state index in [1.165, 1.54) is 0 Å². The second-order valence-electron chi connectivity index (χ2n) is 4.91. The van der Waals surface area contributed by atoms with Crippen molar-refractivity contribution in [2.45, 2.75) is 37.9 Å². The molecule has 0 aromatic heterocycles. The Balaban J connectivity index is 1.78. The molecule has 5 nitrogen and oxygen atoms in total. The van der Waals surface area contributed by atoms with Crippen LogP contribution >= 0.6 is 0 Å². The van der Waals surface area contributed by atoms with Gasteiger partial charge in [-0.2, -0.15) is 0 Å². The standard InChI is InChI=1S/C14H17NO4/c1-9-7-11(15-16)13-12(18-9)8-17-14(19-13)10-5-3-2-4-6-10/h2-6,9,12-14,16H,7-8H2,1H3/t9-,12+,13+,14-/m1/s1. The summed E-state index contributed by atoms with van der Waals surface area (Å²) < 4.78 is 17.3. The van der Waals surface area contributed by atoms with Gasteiger partial charge in [0.25, 0.3) is 0 Å². The Bertz CT molecular complexity index is 462. The van der Waals surface area contributed by atoms with Gasteiger partial charge in [-0.15, -0.1) is 0 Å². The van der Waals surface area contributed by atoms with Gasteiger partial charge in [-0.25, -0.2) is 0 Å². The van der Waals surface area contributed by atoms with Crippen LogP contribution in [0, 0.1) is 0 Å². The second-order valence-corrected chi connectivity index (χ2v) is 4.91. The van der Waals surface area contributed by atoms with E-state index in [0.29, 0.717) is 18.7 Å². The van der Waals surface area contributed by atoms with Crippen molar-refractivity contribution in [3.05, 3.63) is 35.9 Å². The van der Waals surface area contributed by atoms with Crippen LogP contribution in [0.3, 0.4) is 0 Å². The summed E-state index contributed by atoms with van der Waals surface area (Å²) in [6, 6.07) is 9.73. The van der Waals surface area contributed by atoms with E-state index < -0.39 is 6.29 Å². The molecule has 0 radical (unpaired) electrons. The van der Waals surface area contributed by atoms with Crippen molar-refractivity contribution in [3.8, 4) is 0 Å². The largest absolute Gasteiger partial charge is 0.411 e. The Labute approximate surface area is 111 Å². The van der Waals surface area contributed by atoms with Crippen molar-refractivity contribution in [1.29, 1.82) is 0 Å². The maximum Gasteiger partial charge on any atom is 0.184 e. The average Bonchev–Trinajstić information content (AvgIpc) is 2.46. The van der Waals surface area contributed by atoms with Crippen LogP contribution in [0.25, 0.3) is 0 Å². The number of hydrogen-bond acceptors (Lipinski definition) is 5. The highest BCUT2D eigenvalue weighted by molar-refractivity contribution is 5.90. The predicted molar refractivity (Wildman–Crippen MR) is 68.2 cm³/mol. The SMILES string of the molecule is C[C@@H]1CC(=NO)[C@@H]2O[C@H](c3ccccc3)OC[C@@H]2O1. The predicted octanol–water partition coefficient (Wildman–Crippen LogP) is 2.11. The second kappa shape index (κ2) is 5.28. The first-order chi connectivity index (χ1) is 9.28. The van der Waals surface area contributed by atoms with Crippen LogP contribution in [0.4, 0.5) is 0 Å². The van der Waals surface area contributed by atoms with Gasteiger partial charge in [0.1, 0.15) is 12.2 Å². The molecule has 0 saturated carbocycles. The Kier molecular flexibility index (Phi) is 3.50. The zero-order chi connectivity index (χ0) is 13.2. The summed E-state index contributed by atoms with van der Waals surface area (Å²) >= 11 is 0. The summed E-state index contributed by atoms with van der Waals surface area (Å²) in [5.41, 5.74) is 1.59. The smallest absolute Gasteiger partial charge is 0.184 e. The summed E-state index contributed by atoms with van der Waals surface area (Å²) in [5, 5.41) is 12.5. The molecular formula is C14H17NO4. The Morgan fingerprint density at radius 3 is 2.74 bits per heavy atom. The number of rotatable bonds is 1. The Morgan fingerprint density at radius 2 is 2.00 bits per heavy atom. The quantitative estimate of drug-likeness (QED) is 0.622. The van der Waals surface area contributed by atoms with Gasteiger partial charge in [0.2, 0.25) is 0 Å².